The average molecular weight is 572 g/mol. The third-order valence-electron chi connectivity index (χ3n) is 8.04. The van der Waals surface area contributed by atoms with Crippen LogP contribution in [0.1, 0.15) is 94.2 Å². The summed E-state index contributed by atoms with van der Waals surface area (Å²) in [5, 5.41) is 0. The van der Waals surface area contributed by atoms with Crippen LogP contribution in [0.3, 0.4) is 0 Å². The fourth-order valence-electron chi connectivity index (χ4n) is 5.96. The molecule has 6 heteroatoms. The van der Waals surface area contributed by atoms with Crippen molar-refractivity contribution in [2.75, 3.05) is 34.5 Å². The summed E-state index contributed by atoms with van der Waals surface area (Å²) in [7, 11) is 6.22. The lowest BCUT2D eigenvalue weighted by atomic mass is 9.82. The number of rotatable bonds is 4. The summed E-state index contributed by atoms with van der Waals surface area (Å²) in [6.07, 6.45) is 15.4. The number of carbonyl (C=O) groups is 1. The van der Waals surface area contributed by atoms with E-state index in [1.165, 1.54) is 63.4 Å². The summed E-state index contributed by atoms with van der Waals surface area (Å²) in [5.41, 5.74) is 2.41. The molecule has 0 spiro atoms. The Morgan fingerprint density at radius 3 is 2.21 bits per heavy atom. The first-order valence-electron chi connectivity index (χ1n) is 12.9. The van der Waals surface area contributed by atoms with E-state index < -0.39 is 0 Å². The van der Waals surface area contributed by atoms with Crippen LogP contribution >= 0.6 is 0 Å². The molecule has 1 fully saturated rings. The van der Waals surface area contributed by atoms with Gasteiger partial charge in [-0.3, -0.25) is 4.79 Å². The van der Waals surface area contributed by atoms with E-state index in [1.54, 1.807) is 7.11 Å². The van der Waals surface area contributed by atoms with Crippen molar-refractivity contribution < 1.29 is 47.5 Å². The van der Waals surface area contributed by atoms with Crippen LogP contribution in [0.2, 0.25) is 0 Å². The average Bonchev–Trinajstić information content (AvgIpc) is 3.23. The van der Waals surface area contributed by atoms with E-state index in [0.717, 1.165) is 47.4 Å². The molecule has 0 radical (unpaired) electrons. The first-order chi connectivity index (χ1) is 15.5. The predicted octanol–water partition coefficient (Wildman–Crippen LogP) is 2.98. The minimum atomic E-state index is 0. The van der Waals surface area contributed by atoms with Crippen LogP contribution in [0.5, 0.6) is 17.2 Å². The monoisotopic (exact) mass is 571 g/mol. The van der Waals surface area contributed by atoms with Crippen LogP contribution in [0.15, 0.2) is 6.07 Å². The highest BCUT2D eigenvalue weighted by Gasteiger charge is 2.42. The van der Waals surface area contributed by atoms with Gasteiger partial charge in [-0.2, -0.15) is 0 Å². The lowest BCUT2D eigenvalue weighted by molar-refractivity contribution is -0.922. The van der Waals surface area contributed by atoms with Gasteiger partial charge in [0.25, 0.3) is 0 Å². The van der Waals surface area contributed by atoms with E-state index in [1.807, 2.05) is 0 Å². The van der Waals surface area contributed by atoms with Crippen molar-refractivity contribution in [3.63, 3.8) is 0 Å². The number of likely N-dealkylation sites (N-methyl/N-ethyl adjacent to an activating group) is 1. The second kappa shape index (κ2) is 12.1. The van der Waals surface area contributed by atoms with E-state index in [0.29, 0.717) is 18.0 Å². The molecule has 4 rings (SSSR count). The molecular formula is C27H42INO4. The van der Waals surface area contributed by atoms with Gasteiger partial charge in [-0.05, 0) is 24.5 Å². The molecule has 0 aromatic heterocycles. The summed E-state index contributed by atoms with van der Waals surface area (Å²) in [4.78, 5) is 13.7. The highest BCUT2D eigenvalue weighted by atomic mass is 127. The van der Waals surface area contributed by atoms with Gasteiger partial charge >= 0.3 is 0 Å². The lowest BCUT2D eigenvalue weighted by Gasteiger charge is -2.43. The minimum absolute atomic E-state index is 0. The number of hydrogen-bond acceptors (Lipinski definition) is 4. The topological polar surface area (TPSA) is 44.8 Å². The molecule has 3 aliphatic rings. The van der Waals surface area contributed by atoms with Crippen molar-refractivity contribution in [3.05, 3.63) is 17.2 Å². The normalized spacial score (nSPS) is 23.4. The largest absolute Gasteiger partial charge is 1.00 e. The standard InChI is InChI=1S/C27H42NO4.HI/c1-28(2)16-15-21-17-24-26(32-19-31-24)27(30-3)25(21)22(28)18-23(29)20-13-11-9-7-5-4-6-8-10-12-14-20;/h17,20,22H,4-16,18-19H2,1-3H3;1H/q+1;/p-1. The van der Waals surface area contributed by atoms with Crippen LogP contribution < -0.4 is 38.2 Å². The van der Waals surface area contributed by atoms with Crippen LogP contribution in [-0.4, -0.2) is 44.8 Å². The molecule has 5 nitrogen and oxygen atoms in total. The Balaban J connectivity index is 0.00000306. The van der Waals surface area contributed by atoms with Gasteiger partial charge in [-0.15, -0.1) is 0 Å². The molecule has 0 amide bonds. The lowest BCUT2D eigenvalue weighted by Crippen LogP contribution is -3.00. The fraction of sp³-hybridized carbons (Fsp3) is 0.741. The Kier molecular flexibility index (Phi) is 9.74. The summed E-state index contributed by atoms with van der Waals surface area (Å²) in [6, 6.07) is 2.21. The SMILES string of the molecule is COc1c2c(cc3c1C(CC(=O)C1CCCCCCCCCCC1)[N+](C)(C)CC3)OCO2.[I-]. The first kappa shape index (κ1) is 26.6. The van der Waals surface area contributed by atoms with E-state index in [2.05, 4.69) is 20.2 Å². The Hall–Kier alpha value is -1.02. The molecule has 186 valence electrons. The number of Topliss-reactive ketones (excluding diaryl/α,β-unsaturated/α-hetero) is 1. The van der Waals surface area contributed by atoms with Crippen molar-refractivity contribution >= 4 is 5.78 Å². The van der Waals surface area contributed by atoms with Gasteiger partial charge in [-0.1, -0.05) is 57.8 Å². The fourth-order valence-corrected chi connectivity index (χ4v) is 5.96. The van der Waals surface area contributed by atoms with Crippen molar-refractivity contribution in [2.45, 2.75) is 89.5 Å². The first-order valence-corrected chi connectivity index (χ1v) is 12.9. The Labute approximate surface area is 217 Å². The van der Waals surface area contributed by atoms with Crippen molar-refractivity contribution in [2.24, 2.45) is 5.92 Å². The van der Waals surface area contributed by atoms with E-state index >= 15 is 0 Å². The Morgan fingerprint density at radius 2 is 1.61 bits per heavy atom. The number of carbonyl (C=O) groups excluding carboxylic acids is 1. The smallest absolute Gasteiger partial charge is 0.231 e. The highest BCUT2D eigenvalue weighted by molar-refractivity contribution is 5.82. The molecule has 2 aliphatic heterocycles. The molecule has 1 atom stereocenters. The van der Waals surface area contributed by atoms with Gasteiger partial charge in [0.2, 0.25) is 12.5 Å². The van der Waals surface area contributed by atoms with Gasteiger partial charge in [-0.25, -0.2) is 0 Å². The summed E-state index contributed by atoms with van der Waals surface area (Å²) in [6.45, 7) is 1.25. The van der Waals surface area contributed by atoms with Gasteiger partial charge < -0.3 is 42.7 Å². The predicted molar refractivity (Wildman–Crippen MR) is 126 cm³/mol. The van der Waals surface area contributed by atoms with Crippen molar-refractivity contribution in [1.29, 1.82) is 0 Å². The highest BCUT2D eigenvalue weighted by Crippen LogP contribution is 2.51. The molecule has 1 aromatic carbocycles. The molecule has 1 aromatic rings. The van der Waals surface area contributed by atoms with Crippen LogP contribution in [0.25, 0.3) is 0 Å². The maximum absolute atomic E-state index is 13.7. The molecule has 0 N–H and O–H groups in total. The van der Waals surface area contributed by atoms with Crippen LogP contribution in [0.4, 0.5) is 0 Å². The number of ketones is 1. The third kappa shape index (κ3) is 6.16. The quantitative estimate of drug-likeness (QED) is 0.412. The molecule has 0 bridgehead atoms. The molecule has 1 saturated carbocycles. The Morgan fingerprint density at radius 1 is 1.00 bits per heavy atom. The van der Waals surface area contributed by atoms with Gasteiger partial charge in [0.05, 0.1) is 39.7 Å². The maximum atomic E-state index is 13.7. The zero-order valence-electron chi connectivity index (χ0n) is 20.8. The van der Waals surface area contributed by atoms with Gasteiger partial charge in [0, 0.05) is 12.3 Å². The maximum Gasteiger partial charge on any atom is 0.231 e. The number of benzene rings is 1. The van der Waals surface area contributed by atoms with Crippen LogP contribution in [0, 0.1) is 5.92 Å². The van der Waals surface area contributed by atoms with E-state index in [4.69, 9.17) is 14.2 Å². The van der Waals surface area contributed by atoms with Crippen molar-refractivity contribution in [3.8, 4) is 17.2 Å². The number of fused-ring (bicyclic) bond motifs is 2. The van der Waals surface area contributed by atoms with Gasteiger partial charge in [0.1, 0.15) is 11.8 Å². The van der Waals surface area contributed by atoms with Crippen molar-refractivity contribution in [1.82, 2.24) is 0 Å². The zero-order chi connectivity index (χ0) is 22.6. The van der Waals surface area contributed by atoms with E-state index in [-0.39, 0.29) is 42.7 Å². The third-order valence-corrected chi connectivity index (χ3v) is 8.04. The summed E-state index contributed by atoms with van der Waals surface area (Å²) < 4.78 is 18.1. The molecule has 1 unspecified atom stereocenters. The number of nitrogens with zero attached hydrogens (tertiary/aromatic N) is 1. The zero-order valence-corrected chi connectivity index (χ0v) is 23.0. The summed E-state index contributed by atoms with van der Waals surface area (Å²) >= 11 is 0. The summed E-state index contributed by atoms with van der Waals surface area (Å²) in [5.74, 6) is 2.91. The second-order valence-electron chi connectivity index (χ2n) is 10.6. The van der Waals surface area contributed by atoms with E-state index in [9.17, 15) is 4.79 Å². The second-order valence-corrected chi connectivity index (χ2v) is 10.6. The molecule has 0 saturated heterocycles. The molecule has 33 heavy (non-hydrogen) atoms. The number of quaternary nitrogens is 1. The van der Waals surface area contributed by atoms with Crippen LogP contribution in [-0.2, 0) is 11.2 Å². The van der Waals surface area contributed by atoms with Gasteiger partial charge in [0.15, 0.2) is 11.5 Å². The molecular weight excluding hydrogens is 529 g/mol. The number of hydrogen-bond donors (Lipinski definition) is 0. The Bertz CT molecular complexity index is 798. The number of halogens is 1. The number of methoxy groups -OCH3 is 1. The number of ether oxygens (including phenoxy) is 3. The molecule has 2 heterocycles. The minimum Gasteiger partial charge on any atom is -1.00 e. The molecule has 1 aliphatic carbocycles.